The molecule has 3 aromatic rings. The molecule has 2 aromatic carbocycles. The van der Waals surface area contributed by atoms with Crippen LogP contribution in [0.1, 0.15) is 16.7 Å². The van der Waals surface area contributed by atoms with Crippen LogP contribution in [-0.4, -0.2) is 0 Å². The van der Waals surface area contributed by atoms with E-state index < -0.39 is 0 Å². The van der Waals surface area contributed by atoms with Gasteiger partial charge in [-0.05, 0) is 43.5 Å². The largest absolute Gasteiger partial charge is 0.135 e. The Kier molecular flexibility index (Phi) is 2.05. The van der Waals surface area contributed by atoms with Gasteiger partial charge in [-0.1, -0.05) is 24.3 Å². The highest BCUT2D eigenvalue weighted by Crippen LogP contribution is 2.38. The summed E-state index contributed by atoms with van der Waals surface area (Å²) in [5.41, 5.74) is 4.17. The molecule has 0 radical (unpaired) electrons. The van der Waals surface area contributed by atoms with Gasteiger partial charge in [-0.25, -0.2) is 0 Å². The molecule has 0 unspecified atom stereocenters. The minimum atomic E-state index is 1.39. The van der Waals surface area contributed by atoms with Gasteiger partial charge in [0, 0.05) is 20.2 Å². The van der Waals surface area contributed by atoms with Crippen molar-refractivity contribution in [3.05, 3.63) is 47.0 Å². The molecule has 0 amide bonds. The standard InChI is InChI=1S/C15H14S/c1-9-5-4-6-12-13(9)14-10(2)7-8-11(3)15(14)16-12/h4-8H,1-3H3. The molecule has 0 aliphatic rings. The summed E-state index contributed by atoms with van der Waals surface area (Å²) in [5.74, 6) is 0. The summed E-state index contributed by atoms with van der Waals surface area (Å²) in [7, 11) is 0. The van der Waals surface area contributed by atoms with Crippen LogP contribution >= 0.6 is 11.3 Å². The number of aryl methyl sites for hydroxylation is 3. The van der Waals surface area contributed by atoms with Crippen molar-refractivity contribution in [2.45, 2.75) is 20.8 Å². The van der Waals surface area contributed by atoms with Crippen LogP contribution in [0.15, 0.2) is 30.3 Å². The van der Waals surface area contributed by atoms with Gasteiger partial charge in [0.15, 0.2) is 0 Å². The molecule has 0 aliphatic heterocycles. The lowest BCUT2D eigenvalue weighted by atomic mass is 10.0. The average molecular weight is 226 g/mol. The molecule has 0 aliphatic carbocycles. The Morgan fingerprint density at radius 3 is 2.25 bits per heavy atom. The molecule has 0 spiro atoms. The van der Waals surface area contributed by atoms with Crippen LogP contribution in [0, 0.1) is 20.8 Å². The zero-order chi connectivity index (χ0) is 11.3. The molecule has 80 valence electrons. The average Bonchev–Trinajstić information content (AvgIpc) is 2.65. The van der Waals surface area contributed by atoms with Crippen molar-refractivity contribution in [2.75, 3.05) is 0 Å². The molecule has 1 heteroatoms. The van der Waals surface area contributed by atoms with Crippen LogP contribution in [0.4, 0.5) is 0 Å². The highest BCUT2D eigenvalue weighted by atomic mass is 32.1. The third kappa shape index (κ3) is 1.21. The molecular formula is C15H14S. The molecule has 0 bridgehead atoms. The lowest BCUT2D eigenvalue weighted by Crippen LogP contribution is -1.79. The zero-order valence-electron chi connectivity index (χ0n) is 9.79. The van der Waals surface area contributed by atoms with Gasteiger partial charge in [0.1, 0.15) is 0 Å². The van der Waals surface area contributed by atoms with Crippen LogP contribution in [-0.2, 0) is 0 Å². The number of benzene rings is 2. The summed E-state index contributed by atoms with van der Waals surface area (Å²) >= 11 is 1.92. The van der Waals surface area contributed by atoms with Crippen molar-refractivity contribution in [3.63, 3.8) is 0 Å². The van der Waals surface area contributed by atoms with E-state index >= 15 is 0 Å². The summed E-state index contributed by atoms with van der Waals surface area (Å²) in [4.78, 5) is 0. The van der Waals surface area contributed by atoms with Gasteiger partial charge in [-0.2, -0.15) is 0 Å². The first-order valence-electron chi connectivity index (χ1n) is 5.56. The van der Waals surface area contributed by atoms with Crippen LogP contribution in [0.25, 0.3) is 20.2 Å². The number of rotatable bonds is 0. The smallest absolute Gasteiger partial charge is 0.0387 e. The van der Waals surface area contributed by atoms with Crippen LogP contribution < -0.4 is 0 Å². The van der Waals surface area contributed by atoms with Gasteiger partial charge in [0.05, 0.1) is 0 Å². The molecule has 0 saturated heterocycles. The first-order valence-corrected chi connectivity index (χ1v) is 6.38. The van der Waals surface area contributed by atoms with E-state index in [1.54, 1.807) is 0 Å². The SMILES string of the molecule is Cc1ccc(C)c2c1sc1cccc(C)c12. The number of hydrogen-bond donors (Lipinski definition) is 0. The Bertz CT molecular complexity index is 689. The fourth-order valence-electron chi connectivity index (χ4n) is 2.38. The first-order chi connectivity index (χ1) is 7.68. The maximum Gasteiger partial charge on any atom is 0.0387 e. The van der Waals surface area contributed by atoms with Crippen molar-refractivity contribution in [3.8, 4) is 0 Å². The molecule has 0 saturated carbocycles. The van der Waals surface area contributed by atoms with Crippen molar-refractivity contribution in [1.29, 1.82) is 0 Å². The molecule has 1 heterocycles. The van der Waals surface area contributed by atoms with E-state index in [0.717, 1.165) is 0 Å². The highest BCUT2D eigenvalue weighted by molar-refractivity contribution is 7.26. The number of thiophene rings is 1. The van der Waals surface area contributed by atoms with Gasteiger partial charge >= 0.3 is 0 Å². The van der Waals surface area contributed by atoms with E-state index in [-0.39, 0.29) is 0 Å². The molecule has 16 heavy (non-hydrogen) atoms. The molecule has 3 rings (SSSR count). The van der Waals surface area contributed by atoms with Gasteiger partial charge in [-0.3, -0.25) is 0 Å². The van der Waals surface area contributed by atoms with E-state index in [4.69, 9.17) is 0 Å². The second-order valence-corrected chi connectivity index (χ2v) is 5.51. The topological polar surface area (TPSA) is 0 Å². The van der Waals surface area contributed by atoms with E-state index in [0.29, 0.717) is 0 Å². The normalized spacial score (nSPS) is 11.4. The second kappa shape index (κ2) is 3.33. The first kappa shape index (κ1) is 9.86. The fraction of sp³-hybridized carbons (Fsp3) is 0.200. The van der Waals surface area contributed by atoms with E-state index in [2.05, 4.69) is 51.1 Å². The van der Waals surface area contributed by atoms with Gasteiger partial charge in [0.2, 0.25) is 0 Å². The lowest BCUT2D eigenvalue weighted by molar-refractivity contribution is 1.48. The predicted molar refractivity (Wildman–Crippen MR) is 73.5 cm³/mol. The zero-order valence-corrected chi connectivity index (χ0v) is 10.6. The van der Waals surface area contributed by atoms with Gasteiger partial charge < -0.3 is 0 Å². The Hall–Kier alpha value is -1.34. The van der Waals surface area contributed by atoms with Crippen LogP contribution in [0.3, 0.4) is 0 Å². The Balaban J connectivity index is 2.68. The summed E-state index contributed by atoms with van der Waals surface area (Å²) < 4.78 is 2.86. The minimum absolute atomic E-state index is 1.39. The molecule has 0 N–H and O–H groups in total. The monoisotopic (exact) mass is 226 g/mol. The Morgan fingerprint density at radius 1 is 0.750 bits per heavy atom. The highest BCUT2D eigenvalue weighted by Gasteiger charge is 2.10. The maximum atomic E-state index is 2.23. The van der Waals surface area contributed by atoms with Gasteiger partial charge in [-0.15, -0.1) is 11.3 Å². The molecule has 1 aromatic heterocycles. The van der Waals surface area contributed by atoms with E-state index in [9.17, 15) is 0 Å². The van der Waals surface area contributed by atoms with E-state index in [1.165, 1.54) is 36.9 Å². The van der Waals surface area contributed by atoms with E-state index in [1.807, 2.05) is 11.3 Å². The second-order valence-electron chi connectivity index (χ2n) is 4.45. The molecule has 0 fully saturated rings. The minimum Gasteiger partial charge on any atom is -0.135 e. The summed E-state index contributed by atoms with van der Waals surface area (Å²) in [6.45, 7) is 6.61. The van der Waals surface area contributed by atoms with Crippen molar-refractivity contribution < 1.29 is 0 Å². The Labute approximate surface area is 99.5 Å². The third-order valence-electron chi connectivity index (χ3n) is 3.26. The number of hydrogen-bond acceptors (Lipinski definition) is 1. The Morgan fingerprint density at radius 2 is 1.44 bits per heavy atom. The van der Waals surface area contributed by atoms with Crippen LogP contribution in [0.5, 0.6) is 0 Å². The lowest BCUT2D eigenvalue weighted by Gasteiger charge is -2.01. The predicted octanol–water partition coefficient (Wildman–Crippen LogP) is 4.98. The van der Waals surface area contributed by atoms with Crippen molar-refractivity contribution >= 4 is 31.5 Å². The van der Waals surface area contributed by atoms with Gasteiger partial charge in [0.25, 0.3) is 0 Å². The van der Waals surface area contributed by atoms with Crippen molar-refractivity contribution in [1.82, 2.24) is 0 Å². The molecular weight excluding hydrogens is 212 g/mol. The van der Waals surface area contributed by atoms with Crippen LogP contribution in [0.2, 0.25) is 0 Å². The molecule has 0 nitrogen and oxygen atoms in total. The third-order valence-corrected chi connectivity index (χ3v) is 4.55. The summed E-state index contributed by atoms with van der Waals surface area (Å²) in [5, 5.41) is 2.90. The quantitative estimate of drug-likeness (QED) is 0.507. The van der Waals surface area contributed by atoms with Crippen molar-refractivity contribution in [2.24, 2.45) is 0 Å². The fourth-order valence-corrected chi connectivity index (χ4v) is 3.71. The number of fused-ring (bicyclic) bond motifs is 3. The molecule has 0 atom stereocenters. The maximum absolute atomic E-state index is 2.23. The summed E-state index contributed by atoms with van der Waals surface area (Å²) in [6.07, 6.45) is 0. The summed E-state index contributed by atoms with van der Waals surface area (Å²) in [6, 6.07) is 11.0.